The van der Waals surface area contributed by atoms with E-state index in [1.165, 1.54) is 5.56 Å². The van der Waals surface area contributed by atoms with Gasteiger partial charge in [0.05, 0.1) is 18.2 Å². The van der Waals surface area contributed by atoms with E-state index in [0.29, 0.717) is 0 Å². The Morgan fingerprint density at radius 3 is 3.09 bits per heavy atom. The molecule has 1 aromatic carbocycles. The molecule has 1 saturated heterocycles. The van der Waals surface area contributed by atoms with Crippen LogP contribution in [0.15, 0.2) is 30.5 Å². The van der Waals surface area contributed by atoms with E-state index in [-0.39, 0.29) is 6.10 Å². The third kappa shape index (κ3) is 3.76. The molecule has 0 unspecified atom stereocenters. The lowest BCUT2D eigenvalue weighted by atomic mass is 10.1. The molecule has 1 aliphatic rings. The van der Waals surface area contributed by atoms with Gasteiger partial charge in [0.1, 0.15) is 0 Å². The van der Waals surface area contributed by atoms with Gasteiger partial charge in [-0.05, 0) is 37.9 Å². The van der Waals surface area contributed by atoms with Crippen LogP contribution in [0.4, 0.5) is 0 Å². The fourth-order valence-electron chi connectivity index (χ4n) is 3.03. The van der Waals surface area contributed by atoms with Crippen molar-refractivity contribution < 1.29 is 4.74 Å². The fourth-order valence-corrected chi connectivity index (χ4v) is 3.28. The third-order valence-corrected chi connectivity index (χ3v) is 4.15. The van der Waals surface area contributed by atoms with Gasteiger partial charge in [-0.2, -0.15) is 0 Å². The molecule has 22 heavy (non-hydrogen) atoms. The first-order valence-electron chi connectivity index (χ1n) is 7.63. The number of rotatable bonds is 4. The summed E-state index contributed by atoms with van der Waals surface area (Å²) in [5.41, 5.74) is 2.23. The molecule has 3 rings (SSSR count). The van der Waals surface area contributed by atoms with Crippen molar-refractivity contribution in [3.8, 4) is 0 Å². The number of nitrogens with zero attached hydrogens (tertiary/aromatic N) is 3. The molecule has 0 bridgehead atoms. The number of hydrogen-bond acceptors (Lipinski definition) is 4. The van der Waals surface area contributed by atoms with Gasteiger partial charge >= 0.3 is 0 Å². The van der Waals surface area contributed by atoms with Gasteiger partial charge in [-0.15, -0.1) is 0 Å². The van der Waals surface area contributed by atoms with E-state index in [1.54, 1.807) is 0 Å². The summed E-state index contributed by atoms with van der Waals surface area (Å²) >= 11 is 6.26. The van der Waals surface area contributed by atoms with Crippen LogP contribution in [0, 0.1) is 0 Å². The van der Waals surface area contributed by atoms with Crippen molar-refractivity contribution in [1.29, 1.82) is 0 Å². The van der Waals surface area contributed by atoms with Gasteiger partial charge in [-0.1, -0.05) is 17.7 Å². The zero-order valence-corrected chi connectivity index (χ0v) is 13.9. The SMILES string of the molecule is CN(C)C[C@@H]1CN(Cc2cc(Cl)cc3cccnc23)CCO1. The summed E-state index contributed by atoms with van der Waals surface area (Å²) in [6, 6.07) is 8.02. The fraction of sp³-hybridized carbons (Fsp3) is 0.471. The van der Waals surface area contributed by atoms with Crippen molar-refractivity contribution in [3.05, 3.63) is 41.0 Å². The number of halogens is 1. The van der Waals surface area contributed by atoms with Crippen LogP contribution in [0.5, 0.6) is 0 Å². The van der Waals surface area contributed by atoms with Crippen molar-refractivity contribution >= 4 is 22.5 Å². The standard InChI is InChI=1S/C17H22ClN3O/c1-20(2)11-16-12-21(6-7-22-16)10-14-9-15(18)8-13-4-3-5-19-17(13)14/h3-5,8-9,16H,6-7,10-12H2,1-2H3/t16-/m1/s1. The Bertz CT molecular complexity index is 647. The summed E-state index contributed by atoms with van der Waals surface area (Å²) in [5.74, 6) is 0. The molecular weight excluding hydrogens is 298 g/mol. The number of likely N-dealkylation sites (N-methyl/N-ethyl adjacent to an activating group) is 1. The smallest absolute Gasteiger partial charge is 0.0829 e. The van der Waals surface area contributed by atoms with E-state index in [0.717, 1.165) is 48.7 Å². The van der Waals surface area contributed by atoms with Crippen molar-refractivity contribution in [1.82, 2.24) is 14.8 Å². The van der Waals surface area contributed by atoms with Gasteiger partial charge in [0, 0.05) is 42.8 Å². The molecule has 0 radical (unpaired) electrons. The largest absolute Gasteiger partial charge is 0.374 e. The number of morpholine rings is 1. The number of pyridine rings is 1. The molecule has 2 heterocycles. The first-order chi connectivity index (χ1) is 10.6. The van der Waals surface area contributed by atoms with Crippen LogP contribution in [0.25, 0.3) is 10.9 Å². The lowest BCUT2D eigenvalue weighted by molar-refractivity contribution is -0.0405. The average molecular weight is 320 g/mol. The van der Waals surface area contributed by atoms with Gasteiger partial charge < -0.3 is 9.64 Å². The van der Waals surface area contributed by atoms with E-state index in [2.05, 4.69) is 34.9 Å². The van der Waals surface area contributed by atoms with Gasteiger partial charge in [0.15, 0.2) is 0 Å². The van der Waals surface area contributed by atoms with Crippen LogP contribution in [0.3, 0.4) is 0 Å². The van der Waals surface area contributed by atoms with Crippen LogP contribution in [-0.4, -0.2) is 61.2 Å². The highest BCUT2D eigenvalue weighted by atomic mass is 35.5. The van der Waals surface area contributed by atoms with Crippen LogP contribution in [-0.2, 0) is 11.3 Å². The minimum Gasteiger partial charge on any atom is -0.374 e. The van der Waals surface area contributed by atoms with Crippen LogP contribution < -0.4 is 0 Å². The number of ether oxygens (including phenoxy) is 1. The van der Waals surface area contributed by atoms with Gasteiger partial charge in [-0.25, -0.2) is 0 Å². The highest BCUT2D eigenvalue weighted by molar-refractivity contribution is 6.31. The molecule has 0 spiro atoms. The van der Waals surface area contributed by atoms with Crippen LogP contribution >= 0.6 is 11.6 Å². The highest BCUT2D eigenvalue weighted by Gasteiger charge is 2.21. The lowest BCUT2D eigenvalue weighted by Crippen LogP contribution is -2.46. The molecule has 1 fully saturated rings. The number of aromatic nitrogens is 1. The molecule has 0 amide bonds. The predicted octanol–water partition coefficient (Wildman–Crippen LogP) is 2.65. The van der Waals surface area contributed by atoms with Crippen molar-refractivity contribution in [2.45, 2.75) is 12.6 Å². The second-order valence-corrected chi connectivity index (χ2v) is 6.57. The Labute approximate surface area is 136 Å². The second kappa shape index (κ2) is 6.92. The quantitative estimate of drug-likeness (QED) is 0.866. The number of benzene rings is 1. The summed E-state index contributed by atoms with van der Waals surface area (Å²) in [6.07, 6.45) is 2.11. The average Bonchev–Trinajstić information content (AvgIpc) is 2.46. The Morgan fingerprint density at radius 1 is 1.41 bits per heavy atom. The molecule has 0 N–H and O–H groups in total. The maximum atomic E-state index is 6.26. The van der Waals surface area contributed by atoms with Gasteiger partial charge in [-0.3, -0.25) is 9.88 Å². The summed E-state index contributed by atoms with van der Waals surface area (Å²) in [5, 5.41) is 1.87. The van der Waals surface area contributed by atoms with Crippen molar-refractivity contribution in [2.24, 2.45) is 0 Å². The molecule has 0 saturated carbocycles. The molecule has 4 nitrogen and oxygen atoms in total. The van der Waals surface area contributed by atoms with Crippen molar-refractivity contribution in [3.63, 3.8) is 0 Å². The summed E-state index contributed by atoms with van der Waals surface area (Å²) in [4.78, 5) is 9.13. The minimum absolute atomic E-state index is 0.266. The summed E-state index contributed by atoms with van der Waals surface area (Å²) in [7, 11) is 4.16. The number of fused-ring (bicyclic) bond motifs is 1. The van der Waals surface area contributed by atoms with Gasteiger partial charge in [0.25, 0.3) is 0 Å². The molecule has 1 atom stereocenters. The van der Waals surface area contributed by atoms with Gasteiger partial charge in [0.2, 0.25) is 0 Å². The van der Waals surface area contributed by atoms with E-state index < -0.39 is 0 Å². The molecule has 2 aromatic rings. The van der Waals surface area contributed by atoms with Crippen molar-refractivity contribution in [2.75, 3.05) is 40.3 Å². The summed E-state index contributed by atoms with van der Waals surface area (Å²) < 4.78 is 5.84. The monoisotopic (exact) mass is 319 g/mol. The Kier molecular flexibility index (Phi) is 4.93. The Hall–Kier alpha value is -1.20. The molecule has 1 aliphatic heterocycles. The first kappa shape index (κ1) is 15.7. The van der Waals surface area contributed by atoms with E-state index in [9.17, 15) is 0 Å². The van der Waals surface area contributed by atoms with E-state index in [1.807, 2.05) is 24.4 Å². The Balaban J connectivity index is 1.78. The molecule has 0 aliphatic carbocycles. The molecule has 118 valence electrons. The Morgan fingerprint density at radius 2 is 2.27 bits per heavy atom. The van der Waals surface area contributed by atoms with E-state index >= 15 is 0 Å². The predicted molar refractivity (Wildman–Crippen MR) is 90.3 cm³/mol. The number of hydrogen-bond donors (Lipinski definition) is 0. The third-order valence-electron chi connectivity index (χ3n) is 3.93. The maximum absolute atomic E-state index is 6.26. The molecule has 1 aromatic heterocycles. The zero-order chi connectivity index (χ0) is 15.5. The summed E-state index contributed by atoms with van der Waals surface area (Å²) in [6.45, 7) is 4.49. The molecule has 5 heteroatoms. The van der Waals surface area contributed by atoms with E-state index in [4.69, 9.17) is 16.3 Å². The zero-order valence-electron chi connectivity index (χ0n) is 13.1. The van der Waals surface area contributed by atoms with Crippen LogP contribution in [0.2, 0.25) is 5.02 Å². The minimum atomic E-state index is 0.266. The second-order valence-electron chi connectivity index (χ2n) is 6.13. The first-order valence-corrected chi connectivity index (χ1v) is 8.01. The molecular formula is C17H22ClN3O. The maximum Gasteiger partial charge on any atom is 0.0829 e. The van der Waals surface area contributed by atoms with Crippen LogP contribution in [0.1, 0.15) is 5.56 Å². The normalized spacial score (nSPS) is 19.9. The lowest BCUT2D eigenvalue weighted by Gasteiger charge is -2.34. The highest BCUT2D eigenvalue weighted by Crippen LogP contribution is 2.24. The topological polar surface area (TPSA) is 28.6 Å².